The molecule has 0 fully saturated rings. The Bertz CT molecular complexity index is 1230. The molecule has 7 heteroatoms. The number of aromatic amines is 1. The van der Waals surface area contributed by atoms with Gasteiger partial charge >= 0.3 is 0 Å². The van der Waals surface area contributed by atoms with Gasteiger partial charge in [-0.25, -0.2) is 4.98 Å². The number of aromatic nitrogens is 3. The van der Waals surface area contributed by atoms with Crippen LogP contribution in [0.2, 0.25) is 0 Å². The second-order valence-corrected chi connectivity index (χ2v) is 8.16. The van der Waals surface area contributed by atoms with Gasteiger partial charge in [0.1, 0.15) is 5.82 Å². The van der Waals surface area contributed by atoms with Crippen molar-refractivity contribution in [1.82, 2.24) is 20.5 Å². The van der Waals surface area contributed by atoms with E-state index < -0.39 is 0 Å². The van der Waals surface area contributed by atoms with Gasteiger partial charge in [-0.1, -0.05) is 49.4 Å². The molecule has 34 heavy (non-hydrogen) atoms. The first-order valence-electron chi connectivity index (χ1n) is 11.2. The van der Waals surface area contributed by atoms with Gasteiger partial charge in [-0.15, -0.1) is 0 Å². The summed E-state index contributed by atoms with van der Waals surface area (Å²) < 4.78 is 0. The molecule has 0 aliphatic heterocycles. The first kappa shape index (κ1) is 22.9. The Labute approximate surface area is 198 Å². The summed E-state index contributed by atoms with van der Waals surface area (Å²) in [5.41, 5.74) is 4.59. The van der Waals surface area contributed by atoms with E-state index in [-0.39, 0.29) is 17.7 Å². The van der Waals surface area contributed by atoms with E-state index in [0.29, 0.717) is 24.5 Å². The van der Waals surface area contributed by atoms with Crippen LogP contribution in [-0.4, -0.2) is 34.2 Å². The lowest BCUT2D eigenvalue weighted by Crippen LogP contribution is -2.32. The number of H-pyrrole nitrogens is 1. The Morgan fingerprint density at radius 2 is 1.76 bits per heavy atom. The number of anilines is 1. The van der Waals surface area contributed by atoms with Gasteiger partial charge in [0.2, 0.25) is 5.91 Å². The molecule has 0 spiro atoms. The molecule has 1 amide bonds. The van der Waals surface area contributed by atoms with Crippen molar-refractivity contribution in [3.8, 4) is 17.2 Å². The highest BCUT2D eigenvalue weighted by Crippen LogP contribution is 2.21. The van der Waals surface area contributed by atoms with Crippen molar-refractivity contribution in [3.63, 3.8) is 0 Å². The summed E-state index contributed by atoms with van der Waals surface area (Å²) in [6, 6.07) is 23.2. The quantitative estimate of drug-likeness (QED) is 0.349. The summed E-state index contributed by atoms with van der Waals surface area (Å²) in [5.74, 6) is 0.256. The van der Waals surface area contributed by atoms with Crippen molar-refractivity contribution >= 4 is 11.7 Å². The molecule has 3 N–H and O–H groups in total. The molecule has 4 aromatic rings. The third kappa shape index (κ3) is 5.74. The van der Waals surface area contributed by atoms with Crippen LogP contribution in [0.15, 0.2) is 85.3 Å². The molecule has 0 aliphatic rings. The molecule has 170 valence electrons. The number of nitrogens with zero attached hydrogens (tertiary/aromatic N) is 3. The molecule has 2 aromatic heterocycles. The predicted molar refractivity (Wildman–Crippen MR) is 132 cm³/mol. The standard InChI is InChI=1S/C27H26N6O/c1-19(21-9-7-20(13-28)8-10-21)14-29-18-25(22-5-3-2-4-6-22)27(34)33-26-12-11-23(15-30-26)24-16-31-32-17-24/h2-12,15-17,19,25,29H,14,18H2,1H3,(H,31,32)(H,30,33,34)/t19-,25?/m0/s1. The zero-order valence-corrected chi connectivity index (χ0v) is 18.9. The molecule has 7 nitrogen and oxygen atoms in total. The highest BCUT2D eigenvalue weighted by molar-refractivity contribution is 5.95. The second-order valence-electron chi connectivity index (χ2n) is 8.16. The minimum atomic E-state index is -0.371. The monoisotopic (exact) mass is 450 g/mol. The van der Waals surface area contributed by atoms with E-state index in [1.54, 1.807) is 24.7 Å². The van der Waals surface area contributed by atoms with E-state index in [9.17, 15) is 4.79 Å². The fraction of sp³-hybridized carbons (Fsp3) is 0.185. The smallest absolute Gasteiger partial charge is 0.234 e. The maximum Gasteiger partial charge on any atom is 0.234 e. The van der Waals surface area contributed by atoms with Crippen molar-refractivity contribution in [2.24, 2.45) is 0 Å². The third-order valence-corrected chi connectivity index (χ3v) is 5.77. The Balaban J connectivity index is 1.40. The minimum Gasteiger partial charge on any atom is -0.315 e. The summed E-state index contributed by atoms with van der Waals surface area (Å²) in [6.07, 6.45) is 5.24. The number of carbonyl (C=O) groups excluding carboxylic acids is 1. The van der Waals surface area contributed by atoms with Crippen LogP contribution in [0.1, 0.15) is 35.4 Å². The van der Waals surface area contributed by atoms with Gasteiger partial charge in [0, 0.05) is 36.6 Å². The number of nitrogens with one attached hydrogen (secondary N) is 3. The summed E-state index contributed by atoms with van der Waals surface area (Å²) in [5, 5.41) is 22.1. The number of pyridine rings is 1. The second kappa shape index (κ2) is 11.0. The van der Waals surface area contributed by atoms with Gasteiger partial charge in [0.15, 0.2) is 0 Å². The fourth-order valence-electron chi connectivity index (χ4n) is 3.76. The zero-order chi connectivity index (χ0) is 23.8. The molecule has 0 saturated heterocycles. The highest BCUT2D eigenvalue weighted by atomic mass is 16.2. The molecule has 0 radical (unpaired) electrons. The Morgan fingerprint density at radius 1 is 0.971 bits per heavy atom. The summed E-state index contributed by atoms with van der Waals surface area (Å²) >= 11 is 0. The van der Waals surface area contributed by atoms with Gasteiger partial charge < -0.3 is 10.6 Å². The van der Waals surface area contributed by atoms with Crippen LogP contribution in [0.4, 0.5) is 5.82 Å². The van der Waals surface area contributed by atoms with Crippen LogP contribution in [-0.2, 0) is 4.79 Å². The molecule has 4 rings (SSSR count). The number of hydrogen-bond acceptors (Lipinski definition) is 5. The zero-order valence-electron chi connectivity index (χ0n) is 18.9. The molecule has 2 heterocycles. The molecule has 0 aliphatic carbocycles. The van der Waals surface area contributed by atoms with Crippen LogP contribution in [0.25, 0.3) is 11.1 Å². The third-order valence-electron chi connectivity index (χ3n) is 5.77. The van der Waals surface area contributed by atoms with E-state index in [2.05, 4.69) is 38.8 Å². The van der Waals surface area contributed by atoms with Crippen molar-refractivity contribution in [1.29, 1.82) is 5.26 Å². The van der Waals surface area contributed by atoms with E-state index >= 15 is 0 Å². The first-order valence-corrected chi connectivity index (χ1v) is 11.2. The maximum atomic E-state index is 13.2. The lowest BCUT2D eigenvalue weighted by Gasteiger charge is -2.20. The van der Waals surface area contributed by atoms with Crippen LogP contribution in [0.5, 0.6) is 0 Å². The Morgan fingerprint density at radius 3 is 2.41 bits per heavy atom. The lowest BCUT2D eigenvalue weighted by molar-refractivity contribution is -0.117. The van der Waals surface area contributed by atoms with E-state index in [1.807, 2.05) is 60.7 Å². The van der Waals surface area contributed by atoms with Crippen LogP contribution >= 0.6 is 0 Å². The first-order chi connectivity index (χ1) is 16.6. The van der Waals surface area contributed by atoms with Crippen LogP contribution in [0, 0.1) is 11.3 Å². The normalized spacial score (nSPS) is 12.5. The molecular weight excluding hydrogens is 424 g/mol. The fourth-order valence-corrected chi connectivity index (χ4v) is 3.76. The number of carbonyl (C=O) groups is 1. The van der Waals surface area contributed by atoms with Gasteiger partial charge in [-0.05, 0) is 41.3 Å². The van der Waals surface area contributed by atoms with Crippen molar-refractivity contribution < 1.29 is 4.79 Å². The van der Waals surface area contributed by atoms with E-state index in [4.69, 9.17) is 5.26 Å². The Kier molecular flexibility index (Phi) is 7.43. The van der Waals surface area contributed by atoms with Gasteiger partial charge in [0.05, 0.1) is 23.7 Å². The topological polar surface area (TPSA) is 106 Å². The number of hydrogen-bond donors (Lipinski definition) is 3. The molecule has 2 aromatic carbocycles. The predicted octanol–water partition coefficient (Wildman–Crippen LogP) is 4.46. The maximum absolute atomic E-state index is 13.2. The van der Waals surface area contributed by atoms with Crippen molar-refractivity contribution in [3.05, 3.63) is 102 Å². The average molecular weight is 451 g/mol. The van der Waals surface area contributed by atoms with Crippen molar-refractivity contribution in [2.75, 3.05) is 18.4 Å². The van der Waals surface area contributed by atoms with Gasteiger partial charge in [-0.3, -0.25) is 9.89 Å². The molecule has 1 unspecified atom stereocenters. The van der Waals surface area contributed by atoms with Crippen LogP contribution in [0.3, 0.4) is 0 Å². The summed E-state index contributed by atoms with van der Waals surface area (Å²) in [4.78, 5) is 17.6. The number of nitriles is 1. The lowest BCUT2D eigenvalue weighted by atomic mass is 9.96. The number of amides is 1. The van der Waals surface area contributed by atoms with E-state index in [1.165, 1.54) is 0 Å². The largest absolute Gasteiger partial charge is 0.315 e. The van der Waals surface area contributed by atoms with Crippen molar-refractivity contribution in [2.45, 2.75) is 18.8 Å². The van der Waals surface area contributed by atoms with Gasteiger partial charge in [-0.2, -0.15) is 10.4 Å². The molecule has 0 saturated carbocycles. The summed E-state index contributed by atoms with van der Waals surface area (Å²) in [7, 11) is 0. The Hall–Kier alpha value is -4.28. The number of rotatable bonds is 9. The van der Waals surface area contributed by atoms with Crippen LogP contribution < -0.4 is 10.6 Å². The van der Waals surface area contributed by atoms with E-state index in [0.717, 1.165) is 22.3 Å². The average Bonchev–Trinajstić information content (AvgIpc) is 3.42. The highest BCUT2D eigenvalue weighted by Gasteiger charge is 2.21. The number of benzene rings is 2. The molecule has 2 atom stereocenters. The van der Waals surface area contributed by atoms with Gasteiger partial charge in [0.25, 0.3) is 0 Å². The SMILES string of the molecule is C[C@@H](CNCC(C(=O)Nc1ccc(-c2cn[nH]c2)cn1)c1ccccc1)c1ccc(C#N)cc1. The summed E-state index contributed by atoms with van der Waals surface area (Å²) in [6.45, 7) is 3.32. The molecular formula is C27H26N6O. The molecule has 0 bridgehead atoms. The minimum absolute atomic E-state index is 0.117.